The fourth-order valence-corrected chi connectivity index (χ4v) is 3.41. The van der Waals surface area contributed by atoms with Crippen LogP contribution in [0.1, 0.15) is 22.3 Å². The average Bonchev–Trinajstić information content (AvgIpc) is 2.63. The van der Waals surface area contributed by atoms with Crippen molar-refractivity contribution in [3.8, 4) is 0 Å². The highest BCUT2D eigenvalue weighted by molar-refractivity contribution is 7.89. The lowest BCUT2D eigenvalue weighted by atomic mass is 10.2. The van der Waals surface area contributed by atoms with E-state index in [9.17, 15) is 18.0 Å². The molecular weight excluding hydrogens is 390 g/mol. The Morgan fingerprint density at radius 2 is 1.74 bits per heavy atom. The molecule has 0 aliphatic heterocycles. The molecule has 0 bridgehead atoms. The van der Waals surface area contributed by atoms with Crippen molar-refractivity contribution in [1.82, 2.24) is 10.0 Å². The minimum atomic E-state index is -3.62. The topological polar surface area (TPSA) is 104 Å². The molecule has 0 atom stereocenters. The minimum Gasteiger partial charge on any atom is -0.352 e. The van der Waals surface area contributed by atoms with Gasteiger partial charge in [-0.3, -0.25) is 9.59 Å². The summed E-state index contributed by atoms with van der Waals surface area (Å²) < 4.78 is 26.2. The predicted octanol–water partition coefficient (Wildman–Crippen LogP) is 2.32. The van der Waals surface area contributed by atoms with Crippen LogP contribution in [-0.4, -0.2) is 33.8 Å². The molecule has 2 amide bonds. The first-order valence-electron chi connectivity index (χ1n) is 8.11. The fraction of sp³-hybridized carbons (Fsp3) is 0.222. The van der Waals surface area contributed by atoms with E-state index < -0.39 is 10.0 Å². The van der Waals surface area contributed by atoms with Crippen molar-refractivity contribution in [1.29, 1.82) is 0 Å². The molecule has 0 aliphatic carbocycles. The van der Waals surface area contributed by atoms with E-state index in [1.165, 1.54) is 13.1 Å². The van der Waals surface area contributed by atoms with Crippen LogP contribution < -0.4 is 15.4 Å². The van der Waals surface area contributed by atoms with Gasteiger partial charge in [0, 0.05) is 29.2 Å². The molecule has 0 heterocycles. The lowest BCUT2D eigenvalue weighted by Crippen LogP contribution is -2.27. The van der Waals surface area contributed by atoms with Gasteiger partial charge < -0.3 is 10.6 Å². The van der Waals surface area contributed by atoms with Crippen LogP contribution in [0.4, 0.5) is 5.69 Å². The number of benzene rings is 2. The molecular formula is C18H20ClN3O4S. The Kier molecular flexibility index (Phi) is 6.95. The van der Waals surface area contributed by atoms with Gasteiger partial charge in [-0.05, 0) is 55.9 Å². The standard InChI is InChI=1S/C18H20ClN3O4S/c1-12-3-8-15(11-16(12)27(25,26)20-2)22-17(23)9-10-21-18(24)13-4-6-14(19)7-5-13/h3-8,11,20H,9-10H2,1-2H3,(H,21,24)(H,22,23). The van der Waals surface area contributed by atoms with Gasteiger partial charge in [-0.25, -0.2) is 13.1 Å². The molecule has 7 nitrogen and oxygen atoms in total. The van der Waals surface area contributed by atoms with E-state index in [1.807, 2.05) is 0 Å². The molecule has 27 heavy (non-hydrogen) atoms. The van der Waals surface area contributed by atoms with Gasteiger partial charge in [-0.2, -0.15) is 0 Å². The van der Waals surface area contributed by atoms with E-state index in [2.05, 4.69) is 15.4 Å². The van der Waals surface area contributed by atoms with E-state index in [1.54, 1.807) is 43.3 Å². The van der Waals surface area contributed by atoms with Gasteiger partial charge in [0.1, 0.15) is 0 Å². The summed E-state index contributed by atoms with van der Waals surface area (Å²) in [4.78, 5) is 24.1. The summed E-state index contributed by atoms with van der Waals surface area (Å²) in [5.74, 6) is -0.653. The molecule has 0 unspecified atom stereocenters. The number of halogens is 1. The molecule has 0 fully saturated rings. The van der Waals surface area contributed by atoms with Crippen molar-refractivity contribution in [2.45, 2.75) is 18.2 Å². The molecule has 0 saturated heterocycles. The maximum absolute atomic E-state index is 12.0. The first kappa shape index (κ1) is 20.9. The number of aryl methyl sites for hydroxylation is 1. The molecule has 0 aromatic heterocycles. The number of amides is 2. The molecule has 2 rings (SSSR count). The van der Waals surface area contributed by atoms with Crippen LogP contribution in [0.5, 0.6) is 0 Å². The SMILES string of the molecule is CNS(=O)(=O)c1cc(NC(=O)CCNC(=O)c2ccc(Cl)cc2)ccc1C. The second-order valence-corrected chi connectivity index (χ2v) is 8.04. The van der Waals surface area contributed by atoms with Crippen LogP contribution in [0.2, 0.25) is 5.02 Å². The minimum absolute atomic E-state index is 0.0430. The summed E-state index contributed by atoms with van der Waals surface area (Å²) in [7, 11) is -2.29. The Labute approximate surface area is 163 Å². The highest BCUT2D eigenvalue weighted by Crippen LogP contribution is 2.20. The smallest absolute Gasteiger partial charge is 0.251 e. The Bertz CT molecular complexity index is 944. The number of rotatable bonds is 7. The van der Waals surface area contributed by atoms with Gasteiger partial charge in [-0.15, -0.1) is 0 Å². The van der Waals surface area contributed by atoms with Gasteiger partial charge in [0.2, 0.25) is 15.9 Å². The van der Waals surface area contributed by atoms with Gasteiger partial charge in [-0.1, -0.05) is 17.7 Å². The van der Waals surface area contributed by atoms with Crippen LogP contribution >= 0.6 is 11.6 Å². The second-order valence-electron chi connectivity index (χ2n) is 5.75. The summed E-state index contributed by atoms with van der Waals surface area (Å²) >= 11 is 5.77. The maximum atomic E-state index is 12.0. The van der Waals surface area contributed by atoms with Gasteiger partial charge in [0.15, 0.2) is 0 Å². The van der Waals surface area contributed by atoms with Crippen molar-refractivity contribution < 1.29 is 18.0 Å². The molecule has 9 heteroatoms. The highest BCUT2D eigenvalue weighted by atomic mass is 35.5. The number of carbonyl (C=O) groups excluding carboxylic acids is 2. The monoisotopic (exact) mass is 409 g/mol. The van der Waals surface area contributed by atoms with Crippen molar-refractivity contribution in [2.75, 3.05) is 18.9 Å². The Hall–Kier alpha value is -2.42. The van der Waals surface area contributed by atoms with E-state index in [-0.39, 0.29) is 29.7 Å². The number of hydrogen-bond acceptors (Lipinski definition) is 4. The van der Waals surface area contributed by atoms with E-state index in [4.69, 9.17) is 11.6 Å². The van der Waals surface area contributed by atoms with E-state index >= 15 is 0 Å². The molecule has 144 valence electrons. The van der Waals surface area contributed by atoms with Crippen molar-refractivity contribution in [2.24, 2.45) is 0 Å². The molecule has 3 N–H and O–H groups in total. The van der Waals surface area contributed by atoms with Gasteiger partial charge in [0.05, 0.1) is 4.90 Å². The number of hydrogen-bond donors (Lipinski definition) is 3. The molecule has 0 radical (unpaired) electrons. The van der Waals surface area contributed by atoms with Gasteiger partial charge >= 0.3 is 0 Å². The van der Waals surface area contributed by atoms with Crippen LogP contribution in [0.25, 0.3) is 0 Å². The highest BCUT2D eigenvalue weighted by Gasteiger charge is 2.16. The number of sulfonamides is 1. The zero-order valence-electron chi connectivity index (χ0n) is 14.9. The number of anilines is 1. The first-order chi connectivity index (χ1) is 12.7. The zero-order valence-corrected chi connectivity index (χ0v) is 16.4. The summed E-state index contributed by atoms with van der Waals surface area (Å²) in [6.07, 6.45) is 0.0430. The van der Waals surface area contributed by atoms with E-state index in [0.29, 0.717) is 21.8 Å². The molecule has 0 aliphatic rings. The lowest BCUT2D eigenvalue weighted by Gasteiger charge is -2.11. The predicted molar refractivity (Wildman–Crippen MR) is 104 cm³/mol. The Balaban J connectivity index is 1.91. The third kappa shape index (κ3) is 5.78. The summed E-state index contributed by atoms with van der Waals surface area (Å²) in [5.41, 5.74) is 1.38. The summed E-state index contributed by atoms with van der Waals surface area (Å²) in [6.45, 7) is 1.81. The number of carbonyl (C=O) groups is 2. The second kappa shape index (κ2) is 8.98. The molecule has 0 spiro atoms. The summed E-state index contributed by atoms with van der Waals surface area (Å²) in [6, 6.07) is 11.0. The summed E-state index contributed by atoms with van der Waals surface area (Å²) in [5, 5.41) is 5.80. The van der Waals surface area contributed by atoms with Crippen LogP contribution in [0.15, 0.2) is 47.4 Å². The Morgan fingerprint density at radius 1 is 1.07 bits per heavy atom. The van der Waals surface area contributed by atoms with Gasteiger partial charge in [0.25, 0.3) is 5.91 Å². The zero-order chi connectivity index (χ0) is 20.0. The Morgan fingerprint density at radius 3 is 2.37 bits per heavy atom. The third-order valence-corrected chi connectivity index (χ3v) is 5.58. The third-order valence-electron chi connectivity index (χ3n) is 3.77. The van der Waals surface area contributed by atoms with Crippen LogP contribution in [-0.2, 0) is 14.8 Å². The fourth-order valence-electron chi connectivity index (χ4n) is 2.29. The maximum Gasteiger partial charge on any atom is 0.251 e. The normalized spacial score (nSPS) is 11.1. The first-order valence-corrected chi connectivity index (χ1v) is 9.97. The van der Waals surface area contributed by atoms with Crippen molar-refractivity contribution in [3.05, 3.63) is 58.6 Å². The largest absolute Gasteiger partial charge is 0.352 e. The van der Waals surface area contributed by atoms with Crippen molar-refractivity contribution >= 4 is 39.1 Å². The molecule has 0 saturated carbocycles. The lowest BCUT2D eigenvalue weighted by molar-refractivity contribution is -0.116. The average molecular weight is 410 g/mol. The quantitative estimate of drug-likeness (QED) is 0.652. The number of nitrogens with one attached hydrogen (secondary N) is 3. The molecule has 2 aromatic carbocycles. The molecule has 2 aromatic rings. The van der Waals surface area contributed by atoms with Crippen LogP contribution in [0.3, 0.4) is 0 Å². The van der Waals surface area contributed by atoms with E-state index in [0.717, 1.165) is 0 Å². The van der Waals surface area contributed by atoms with Crippen LogP contribution in [0, 0.1) is 6.92 Å². The van der Waals surface area contributed by atoms with Crippen molar-refractivity contribution in [3.63, 3.8) is 0 Å².